The maximum absolute atomic E-state index is 12.2. The first kappa shape index (κ1) is 15.0. The number of rotatable bonds is 5. The number of benzene rings is 1. The first-order valence-corrected chi connectivity index (χ1v) is 8.97. The van der Waals surface area contributed by atoms with Crippen LogP contribution in [0.5, 0.6) is 0 Å². The molecule has 0 radical (unpaired) electrons. The number of alkyl halides is 1. The summed E-state index contributed by atoms with van der Waals surface area (Å²) in [5.41, 5.74) is 6.32. The molecule has 0 bridgehead atoms. The third-order valence-corrected chi connectivity index (χ3v) is 5.52. The van der Waals surface area contributed by atoms with Crippen molar-refractivity contribution in [3.05, 3.63) is 46.8 Å². The van der Waals surface area contributed by atoms with E-state index in [9.17, 15) is 13.2 Å². The van der Waals surface area contributed by atoms with E-state index in [-0.39, 0.29) is 15.5 Å². The van der Waals surface area contributed by atoms with Crippen LogP contribution in [0.1, 0.15) is 15.9 Å². The van der Waals surface area contributed by atoms with Crippen molar-refractivity contribution < 1.29 is 13.2 Å². The van der Waals surface area contributed by atoms with Crippen LogP contribution in [-0.4, -0.2) is 14.3 Å². The lowest BCUT2D eigenvalue weighted by atomic mass is 10.2. The summed E-state index contributed by atoms with van der Waals surface area (Å²) in [7, 11) is -3.73. The molecule has 5 nitrogen and oxygen atoms in total. The Balaban J connectivity index is 2.30. The van der Waals surface area contributed by atoms with Gasteiger partial charge in [-0.25, -0.2) is 8.42 Å². The summed E-state index contributed by atoms with van der Waals surface area (Å²) in [6.07, 6.45) is 0. The molecule has 0 fully saturated rings. The van der Waals surface area contributed by atoms with Crippen molar-refractivity contribution in [1.29, 1.82) is 0 Å². The van der Waals surface area contributed by atoms with Gasteiger partial charge in [-0.3, -0.25) is 9.52 Å². The Morgan fingerprint density at radius 2 is 1.90 bits per heavy atom. The van der Waals surface area contributed by atoms with Crippen molar-refractivity contribution in [1.82, 2.24) is 0 Å². The minimum atomic E-state index is -3.73. The predicted octanol–water partition coefficient (Wildman–Crippen LogP) is 2.54. The van der Waals surface area contributed by atoms with Crippen molar-refractivity contribution in [2.24, 2.45) is 5.73 Å². The molecule has 0 aliphatic rings. The average molecular weight is 375 g/mol. The number of amides is 1. The van der Waals surface area contributed by atoms with E-state index in [0.717, 1.165) is 16.9 Å². The number of carbonyl (C=O) groups is 1. The van der Waals surface area contributed by atoms with Gasteiger partial charge < -0.3 is 5.73 Å². The molecule has 2 rings (SSSR count). The Morgan fingerprint density at radius 1 is 1.25 bits per heavy atom. The van der Waals surface area contributed by atoms with Crippen LogP contribution in [0.2, 0.25) is 0 Å². The van der Waals surface area contributed by atoms with Crippen molar-refractivity contribution >= 4 is 48.2 Å². The number of nitrogens with two attached hydrogens (primary N) is 1. The Labute approximate surface area is 129 Å². The van der Waals surface area contributed by atoms with Gasteiger partial charge in [-0.15, -0.1) is 11.3 Å². The molecule has 1 aromatic heterocycles. The number of thiophene rings is 1. The summed E-state index contributed by atoms with van der Waals surface area (Å²) in [5, 5.41) is 2.48. The molecule has 0 aliphatic heterocycles. The van der Waals surface area contributed by atoms with Gasteiger partial charge in [0.05, 0.1) is 10.5 Å². The molecular weight excluding hydrogens is 364 g/mol. The lowest BCUT2D eigenvalue weighted by Gasteiger charge is -2.08. The maximum atomic E-state index is 12.2. The standard InChI is InChI=1S/C12H11BrN2O3S2/c13-7-8-1-3-9(4-2-8)20(17,18)15-12-10(11(14)16)5-6-19-12/h1-6,15H,7H2,(H2,14,16). The number of hydrogen-bond donors (Lipinski definition) is 2. The van der Waals surface area contributed by atoms with Crippen LogP contribution in [-0.2, 0) is 15.4 Å². The minimum Gasteiger partial charge on any atom is -0.366 e. The number of carbonyl (C=O) groups excluding carboxylic acids is 1. The molecule has 1 heterocycles. The van der Waals surface area contributed by atoms with Crippen molar-refractivity contribution in [3.63, 3.8) is 0 Å². The summed E-state index contributed by atoms with van der Waals surface area (Å²) in [6.45, 7) is 0. The molecule has 1 amide bonds. The van der Waals surface area contributed by atoms with E-state index in [1.54, 1.807) is 17.5 Å². The summed E-state index contributed by atoms with van der Waals surface area (Å²) in [5.74, 6) is -0.668. The van der Waals surface area contributed by atoms with E-state index in [0.29, 0.717) is 5.33 Å². The van der Waals surface area contributed by atoms with E-state index in [2.05, 4.69) is 20.7 Å². The van der Waals surface area contributed by atoms with E-state index in [4.69, 9.17) is 5.73 Å². The van der Waals surface area contributed by atoms with Crippen LogP contribution in [0.25, 0.3) is 0 Å². The normalized spacial score (nSPS) is 11.2. The van der Waals surface area contributed by atoms with Gasteiger partial charge in [-0.05, 0) is 29.1 Å². The van der Waals surface area contributed by atoms with Gasteiger partial charge in [-0.2, -0.15) is 0 Å². The van der Waals surface area contributed by atoms with Gasteiger partial charge >= 0.3 is 0 Å². The smallest absolute Gasteiger partial charge is 0.262 e. The van der Waals surface area contributed by atoms with Crippen molar-refractivity contribution in [2.75, 3.05) is 4.72 Å². The molecule has 0 unspecified atom stereocenters. The Kier molecular flexibility index (Phi) is 4.46. The predicted molar refractivity (Wildman–Crippen MR) is 82.7 cm³/mol. The minimum absolute atomic E-state index is 0.131. The number of halogens is 1. The van der Waals surface area contributed by atoms with Crippen LogP contribution >= 0.6 is 27.3 Å². The fourth-order valence-corrected chi connectivity index (χ4v) is 4.02. The first-order valence-electron chi connectivity index (χ1n) is 5.49. The second-order valence-electron chi connectivity index (χ2n) is 3.91. The molecule has 20 heavy (non-hydrogen) atoms. The first-order chi connectivity index (χ1) is 9.44. The highest BCUT2D eigenvalue weighted by atomic mass is 79.9. The lowest BCUT2D eigenvalue weighted by molar-refractivity contribution is 0.100. The number of sulfonamides is 1. The summed E-state index contributed by atoms with van der Waals surface area (Å²) < 4.78 is 26.8. The molecule has 2 aromatic rings. The third kappa shape index (κ3) is 3.20. The number of primary amides is 1. The lowest BCUT2D eigenvalue weighted by Crippen LogP contribution is -2.17. The van der Waals surface area contributed by atoms with E-state index >= 15 is 0 Å². The zero-order chi connectivity index (χ0) is 14.8. The molecule has 0 aliphatic carbocycles. The number of hydrogen-bond acceptors (Lipinski definition) is 4. The van der Waals surface area contributed by atoms with Crippen LogP contribution < -0.4 is 10.5 Å². The number of anilines is 1. The maximum Gasteiger partial charge on any atom is 0.262 e. The second kappa shape index (κ2) is 5.94. The molecule has 1 aromatic carbocycles. The van der Waals surface area contributed by atoms with Crippen LogP contribution in [0.4, 0.5) is 5.00 Å². The molecule has 3 N–H and O–H groups in total. The molecule has 0 saturated heterocycles. The Morgan fingerprint density at radius 3 is 2.45 bits per heavy atom. The zero-order valence-corrected chi connectivity index (χ0v) is 13.4. The number of nitrogens with one attached hydrogen (secondary N) is 1. The van der Waals surface area contributed by atoms with Gasteiger partial charge in [0.2, 0.25) is 0 Å². The summed E-state index contributed by atoms with van der Waals surface area (Å²) >= 11 is 4.40. The monoisotopic (exact) mass is 374 g/mol. The average Bonchev–Trinajstić information content (AvgIpc) is 2.86. The highest BCUT2D eigenvalue weighted by molar-refractivity contribution is 9.08. The Hall–Kier alpha value is -1.38. The van der Waals surface area contributed by atoms with Crippen LogP contribution in [0.15, 0.2) is 40.6 Å². The molecule has 0 saturated carbocycles. The molecule has 0 spiro atoms. The van der Waals surface area contributed by atoms with Gasteiger partial charge in [0.15, 0.2) is 0 Å². The largest absolute Gasteiger partial charge is 0.366 e. The van der Waals surface area contributed by atoms with Gasteiger partial charge in [0.25, 0.3) is 15.9 Å². The van der Waals surface area contributed by atoms with Gasteiger partial charge in [0, 0.05) is 5.33 Å². The van der Waals surface area contributed by atoms with Crippen molar-refractivity contribution in [2.45, 2.75) is 10.2 Å². The fraction of sp³-hybridized carbons (Fsp3) is 0.0833. The molecular formula is C12H11BrN2O3S2. The molecule has 8 heteroatoms. The topological polar surface area (TPSA) is 89.3 Å². The molecule has 0 atom stereocenters. The summed E-state index contributed by atoms with van der Waals surface area (Å²) in [4.78, 5) is 11.3. The highest BCUT2D eigenvalue weighted by Gasteiger charge is 2.18. The van der Waals surface area contributed by atoms with Crippen molar-refractivity contribution in [3.8, 4) is 0 Å². The SMILES string of the molecule is NC(=O)c1ccsc1NS(=O)(=O)c1ccc(CBr)cc1. The third-order valence-electron chi connectivity index (χ3n) is 2.55. The Bertz CT molecular complexity index is 723. The van der Waals surface area contributed by atoms with Crippen LogP contribution in [0.3, 0.4) is 0 Å². The van der Waals surface area contributed by atoms with Crippen LogP contribution in [0, 0.1) is 0 Å². The summed E-state index contributed by atoms with van der Waals surface area (Å²) in [6, 6.07) is 7.94. The molecule has 106 valence electrons. The van der Waals surface area contributed by atoms with E-state index < -0.39 is 15.9 Å². The fourth-order valence-electron chi connectivity index (χ4n) is 1.52. The van der Waals surface area contributed by atoms with E-state index in [1.807, 2.05) is 0 Å². The van der Waals surface area contributed by atoms with Gasteiger partial charge in [-0.1, -0.05) is 28.1 Å². The quantitative estimate of drug-likeness (QED) is 0.787. The zero-order valence-electron chi connectivity index (χ0n) is 10.2. The van der Waals surface area contributed by atoms with E-state index in [1.165, 1.54) is 18.2 Å². The highest BCUT2D eigenvalue weighted by Crippen LogP contribution is 2.26. The van der Waals surface area contributed by atoms with Gasteiger partial charge in [0.1, 0.15) is 5.00 Å². The second-order valence-corrected chi connectivity index (χ2v) is 7.07.